The Morgan fingerprint density at radius 2 is 1.77 bits per heavy atom. The molecular weight excluding hydrogens is 276 g/mol. The summed E-state index contributed by atoms with van der Waals surface area (Å²) in [5.74, 6) is 0.372. The summed E-state index contributed by atoms with van der Waals surface area (Å²) < 4.78 is 0. The highest BCUT2D eigenvalue weighted by molar-refractivity contribution is 6.05. The molecule has 3 atom stereocenters. The van der Waals surface area contributed by atoms with Crippen LogP contribution >= 0.6 is 0 Å². The van der Waals surface area contributed by atoms with Crippen LogP contribution in [0.5, 0.6) is 0 Å². The summed E-state index contributed by atoms with van der Waals surface area (Å²) in [5, 5.41) is 10.3. The van der Waals surface area contributed by atoms with Gasteiger partial charge in [-0.2, -0.15) is 0 Å². The molecule has 22 heavy (non-hydrogen) atoms. The average Bonchev–Trinajstić information content (AvgIpc) is 2.43. The van der Waals surface area contributed by atoms with Crippen LogP contribution in [0.15, 0.2) is 36.1 Å². The van der Waals surface area contributed by atoms with Crippen molar-refractivity contribution in [3.8, 4) is 0 Å². The number of carbonyl (C=O) groups is 2. The van der Waals surface area contributed by atoms with Crippen LogP contribution in [0.25, 0.3) is 0 Å². The number of hydrogen-bond acceptors (Lipinski definition) is 3. The number of fused-ring (bicyclic) bond motifs is 1. The van der Waals surface area contributed by atoms with E-state index in [-0.39, 0.29) is 28.8 Å². The van der Waals surface area contributed by atoms with Crippen LogP contribution < -0.4 is 0 Å². The lowest BCUT2D eigenvalue weighted by Gasteiger charge is -2.38. The molecule has 0 amide bonds. The Bertz CT molecular complexity index is 559. The van der Waals surface area contributed by atoms with Gasteiger partial charge in [-0.25, -0.2) is 0 Å². The Kier molecular flexibility index (Phi) is 3.84. The molecule has 0 bridgehead atoms. The molecule has 0 aliphatic heterocycles. The van der Waals surface area contributed by atoms with Crippen molar-refractivity contribution < 1.29 is 14.7 Å². The Balaban J connectivity index is 1.79. The second-order valence-electron chi connectivity index (χ2n) is 7.72. The molecule has 0 radical (unpaired) electrons. The van der Waals surface area contributed by atoms with E-state index in [0.717, 1.165) is 6.42 Å². The minimum atomic E-state index is -0.536. The van der Waals surface area contributed by atoms with Crippen LogP contribution in [-0.2, 0) is 9.59 Å². The minimum Gasteiger partial charge on any atom is -0.512 e. The van der Waals surface area contributed by atoms with Gasteiger partial charge in [-0.05, 0) is 36.2 Å². The molecule has 0 heterocycles. The van der Waals surface area contributed by atoms with Crippen molar-refractivity contribution in [2.45, 2.75) is 39.5 Å². The first-order valence-electron chi connectivity index (χ1n) is 8.17. The van der Waals surface area contributed by atoms with Crippen LogP contribution in [-0.4, -0.2) is 16.7 Å². The summed E-state index contributed by atoms with van der Waals surface area (Å²) in [6, 6.07) is 0. The third-order valence-corrected chi connectivity index (χ3v) is 5.31. The highest BCUT2D eigenvalue weighted by atomic mass is 16.3. The lowest BCUT2D eigenvalue weighted by atomic mass is 9.65. The van der Waals surface area contributed by atoms with E-state index in [1.807, 2.05) is 32.1 Å². The van der Waals surface area contributed by atoms with Crippen LogP contribution in [0.1, 0.15) is 39.5 Å². The summed E-state index contributed by atoms with van der Waals surface area (Å²) in [6.07, 6.45) is 12.4. The fraction of sp³-hybridized carbons (Fsp3) is 0.579. The summed E-state index contributed by atoms with van der Waals surface area (Å²) in [5.41, 5.74) is -0.217. The number of aliphatic hydroxyl groups excluding tert-OH is 1. The van der Waals surface area contributed by atoms with E-state index in [1.165, 1.54) is 0 Å². The number of allylic oxidation sites excluding steroid dienone is 6. The molecule has 0 aromatic rings. The maximum atomic E-state index is 12.4. The van der Waals surface area contributed by atoms with E-state index in [1.54, 1.807) is 0 Å². The van der Waals surface area contributed by atoms with E-state index in [0.29, 0.717) is 30.9 Å². The quantitative estimate of drug-likeness (QED) is 0.790. The Morgan fingerprint density at radius 1 is 1.14 bits per heavy atom. The summed E-state index contributed by atoms with van der Waals surface area (Å²) in [6.45, 7) is 3.95. The van der Waals surface area contributed by atoms with Gasteiger partial charge in [0.05, 0.1) is 11.7 Å². The van der Waals surface area contributed by atoms with Gasteiger partial charge in [0.25, 0.3) is 0 Å². The monoisotopic (exact) mass is 300 g/mol. The van der Waals surface area contributed by atoms with Crippen LogP contribution in [0.4, 0.5) is 0 Å². The lowest BCUT2D eigenvalue weighted by molar-refractivity contribution is -0.140. The van der Waals surface area contributed by atoms with Gasteiger partial charge in [0, 0.05) is 18.8 Å². The second-order valence-corrected chi connectivity index (χ2v) is 7.72. The maximum absolute atomic E-state index is 12.4. The predicted octanol–water partition coefficient (Wildman–Crippen LogP) is 3.77. The number of Topliss-reactive ketones (excluding diaryl/α,β-unsaturated/α-hetero) is 2. The SMILES string of the molecule is CC1(C)CC(=O)C(CC2C(O)=CCC3C=CC=CC32)C(=O)C1. The number of rotatable bonds is 2. The smallest absolute Gasteiger partial charge is 0.143 e. The zero-order valence-electron chi connectivity index (χ0n) is 13.3. The zero-order valence-corrected chi connectivity index (χ0v) is 13.3. The summed E-state index contributed by atoms with van der Waals surface area (Å²) in [4.78, 5) is 24.8. The van der Waals surface area contributed by atoms with Crippen molar-refractivity contribution in [3.05, 3.63) is 36.1 Å². The Morgan fingerprint density at radius 3 is 2.45 bits per heavy atom. The van der Waals surface area contributed by atoms with E-state index >= 15 is 0 Å². The van der Waals surface area contributed by atoms with Crippen LogP contribution in [0, 0.1) is 29.1 Å². The van der Waals surface area contributed by atoms with Gasteiger partial charge < -0.3 is 5.11 Å². The van der Waals surface area contributed by atoms with E-state index in [9.17, 15) is 14.7 Å². The standard InChI is InChI=1S/C19H24O3/c1-19(2)10-17(21)15(18(22)11-19)9-14-13-6-4-3-5-12(13)7-8-16(14)20/h3-6,8,12-15,20H,7,9-11H2,1-2H3. The van der Waals surface area contributed by atoms with Gasteiger partial charge in [0.2, 0.25) is 0 Å². The van der Waals surface area contributed by atoms with Gasteiger partial charge in [0.15, 0.2) is 0 Å². The minimum absolute atomic E-state index is 0.0477. The van der Waals surface area contributed by atoms with Crippen molar-refractivity contribution in [2.75, 3.05) is 0 Å². The van der Waals surface area contributed by atoms with Gasteiger partial charge in [-0.15, -0.1) is 0 Å². The molecular formula is C19H24O3. The molecule has 0 aromatic carbocycles. The Hall–Kier alpha value is -1.64. The third kappa shape index (κ3) is 2.81. The fourth-order valence-corrected chi connectivity index (χ4v) is 4.17. The fourth-order valence-electron chi connectivity index (χ4n) is 4.17. The third-order valence-electron chi connectivity index (χ3n) is 5.31. The summed E-state index contributed by atoms with van der Waals surface area (Å²) >= 11 is 0. The van der Waals surface area contributed by atoms with Crippen molar-refractivity contribution in [3.63, 3.8) is 0 Å². The molecule has 1 fully saturated rings. The first kappa shape index (κ1) is 15.3. The van der Waals surface area contributed by atoms with Crippen molar-refractivity contribution >= 4 is 11.6 Å². The Labute approximate surface area is 131 Å². The lowest BCUT2D eigenvalue weighted by Crippen LogP contribution is -2.40. The average molecular weight is 300 g/mol. The molecule has 1 N–H and O–H groups in total. The van der Waals surface area contributed by atoms with Crippen molar-refractivity contribution in [1.29, 1.82) is 0 Å². The first-order valence-corrected chi connectivity index (χ1v) is 8.17. The predicted molar refractivity (Wildman–Crippen MR) is 85.2 cm³/mol. The molecule has 3 aliphatic carbocycles. The molecule has 0 saturated heterocycles. The molecule has 118 valence electrons. The molecule has 0 aromatic heterocycles. The zero-order chi connectivity index (χ0) is 15.9. The first-order chi connectivity index (χ1) is 10.4. The molecule has 0 spiro atoms. The number of aliphatic hydroxyl groups is 1. The van der Waals surface area contributed by atoms with Gasteiger partial charge >= 0.3 is 0 Å². The number of carbonyl (C=O) groups excluding carboxylic acids is 2. The van der Waals surface area contributed by atoms with Crippen LogP contribution in [0.2, 0.25) is 0 Å². The molecule has 1 saturated carbocycles. The molecule has 3 nitrogen and oxygen atoms in total. The van der Waals surface area contributed by atoms with Crippen molar-refractivity contribution in [1.82, 2.24) is 0 Å². The molecule has 3 unspecified atom stereocenters. The highest BCUT2D eigenvalue weighted by Gasteiger charge is 2.43. The molecule has 3 heteroatoms. The molecule has 3 aliphatic rings. The van der Waals surface area contributed by atoms with Gasteiger partial charge in [-0.3, -0.25) is 9.59 Å². The molecule has 3 rings (SSSR count). The normalized spacial score (nSPS) is 34.5. The topological polar surface area (TPSA) is 54.4 Å². The summed E-state index contributed by atoms with van der Waals surface area (Å²) in [7, 11) is 0. The highest BCUT2D eigenvalue weighted by Crippen LogP contribution is 2.43. The van der Waals surface area contributed by atoms with Gasteiger partial charge in [-0.1, -0.05) is 38.2 Å². The number of ketones is 2. The largest absolute Gasteiger partial charge is 0.512 e. The van der Waals surface area contributed by atoms with Gasteiger partial charge in [0.1, 0.15) is 11.6 Å². The van der Waals surface area contributed by atoms with E-state index in [4.69, 9.17) is 0 Å². The van der Waals surface area contributed by atoms with E-state index in [2.05, 4.69) is 12.2 Å². The second kappa shape index (κ2) is 5.53. The van der Waals surface area contributed by atoms with Crippen molar-refractivity contribution in [2.24, 2.45) is 29.1 Å². The van der Waals surface area contributed by atoms with E-state index < -0.39 is 5.92 Å². The van der Waals surface area contributed by atoms with Crippen LogP contribution in [0.3, 0.4) is 0 Å². The maximum Gasteiger partial charge on any atom is 0.143 e. The number of hydrogen-bond donors (Lipinski definition) is 1.